The summed E-state index contributed by atoms with van der Waals surface area (Å²) in [5.41, 5.74) is 29.4. The summed E-state index contributed by atoms with van der Waals surface area (Å²) < 4.78 is 5.32. The van der Waals surface area contributed by atoms with Gasteiger partial charge in [-0.3, -0.25) is 4.79 Å². The first kappa shape index (κ1) is 14.3. The third-order valence-electron chi connectivity index (χ3n) is 3.76. The van der Waals surface area contributed by atoms with Crippen LogP contribution in [0.5, 0.6) is 5.75 Å². The number of hydrogen-bond acceptors (Lipinski definition) is 7. The summed E-state index contributed by atoms with van der Waals surface area (Å²) in [6.07, 6.45) is 3.09. The number of hydrogen-bond donors (Lipinski definition) is 5. The van der Waals surface area contributed by atoms with Crippen LogP contribution in [0.2, 0.25) is 0 Å². The Hall–Kier alpha value is -2.15. The number of nitrogens with two attached hydrogens (primary N) is 5. The largest absolute Gasteiger partial charge is 0.424 e. The van der Waals surface area contributed by atoms with Crippen LogP contribution in [0.3, 0.4) is 0 Å². The number of ether oxygens (including phenoxy) is 1. The van der Waals surface area contributed by atoms with Gasteiger partial charge < -0.3 is 33.4 Å². The number of carbonyl (C=O) groups is 1. The predicted molar refractivity (Wildman–Crippen MR) is 79.7 cm³/mol. The van der Waals surface area contributed by atoms with Gasteiger partial charge in [0.1, 0.15) is 5.69 Å². The summed E-state index contributed by atoms with van der Waals surface area (Å²) in [6.45, 7) is 0. The molecule has 20 heavy (non-hydrogen) atoms. The van der Waals surface area contributed by atoms with E-state index in [9.17, 15) is 4.79 Å². The summed E-state index contributed by atoms with van der Waals surface area (Å²) in [5.74, 6) is -0.324. The van der Waals surface area contributed by atoms with E-state index in [-0.39, 0.29) is 46.4 Å². The minimum absolute atomic E-state index is 0.137. The van der Waals surface area contributed by atoms with Crippen molar-refractivity contribution in [2.75, 3.05) is 22.9 Å². The summed E-state index contributed by atoms with van der Waals surface area (Å²) in [7, 11) is 0. The number of nitrogen functional groups attached to an aromatic ring is 4. The molecule has 7 heteroatoms. The molecule has 1 fully saturated rings. The highest BCUT2D eigenvalue weighted by Gasteiger charge is 2.27. The van der Waals surface area contributed by atoms with Crippen LogP contribution >= 0.6 is 0 Å². The Balaban J connectivity index is 2.12. The Morgan fingerprint density at radius 3 is 2.20 bits per heavy atom. The highest BCUT2D eigenvalue weighted by molar-refractivity contribution is 5.91. The van der Waals surface area contributed by atoms with Crippen molar-refractivity contribution in [3.63, 3.8) is 0 Å². The molecule has 0 aliphatic heterocycles. The van der Waals surface area contributed by atoms with E-state index >= 15 is 0 Å². The van der Waals surface area contributed by atoms with Crippen molar-refractivity contribution in [1.29, 1.82) is 0 Å². The first-order valence-corrected chi connectivity index (χ1v) is 6.60. The van der Waals surface area contributed by atoms with E-state index in [2.05, 4.69) is 0 Å². The Morgan fingerprint density at radius 1 is 1.00 bits per heavy atom. The van der Waals surface area contributed by atoms with E-state index in [1.165, 1.54) is 6.07 Å². The highest BCUT2D eigenvalue weighted by Crippen LogP contribution is 2.37. The molecule has 7 nitrogen and oxygen atoms in total. The molecule has 0 bridgehead atoms. The molecular weight excluding hydrogens is 258 g/mol. The second-order valence-electron chi connectivity index (χ2n) is 5.24. The molecule has 110 valence electrons. The van der Waals surface area contributed by atoms with Gasteiger partial charge in [0.2, 0.25) is 0 Å². The lowest BCUT2D eigenvalue weighted by atomic mass is 9.86. The van der Waals surface area contributed by atoms with Gasteiger partial charge in [-0.05, 0) is 25.7 Å². The van der Waals surface area contributed by atoms with Gasteiger partial charge in [-0.15, -0.1) is 0 Å². The van der Waals surface area contributed by atoms with Gasteiger partial charge in [-0.1, -0.05) is 0 Å². The molecule has 0 radical (unpaired) electrons. The monoisotopic (exact) mass is 279 g/mol. The normalized spacial score (nSPS) is 22.4. The third kappa shape index (κ3) is 2.72. The van der Waals surface area contributed by atoms with E-state index in [0.717, 1.165) is 25.7 Å². The third-order valence-corrected chi connectivity index (χ3v) is 3.76. The van der Waals surface area contributed by atoms with Gasteiger partial charge in [0, 0.05) is 12.1 Å². The standard InChI is InChI=1S/C13H21N5O2/c14-7-3-1-6(2-4-7)13(19)20-9-5-8(15)10(16)12(18)11(9)17/h5-7H,1-4,14-18H2. The Kier molecular flexibility index (Phi) is 3.89. The molecule has 0 saturated heterocycles. The topological polar surface area (TPSA) is 156 Å². The molecule has 2 rings (SSSR count). The van der Waals surface area contributed by atoms with Crippen molar-refractivity contribution in [3.05, 3.63) is 6.07 Å². The molecule has 0 heterocycles. The van der Waals surface area contributed by atoms with Crippen LogP contribution in [-0.2, 0) is 4.79 Å². The average Bonchev–Trinajstić information content (AvgIpc) is 2.43. The fourth-order valence-corrected chi connectivity index (χ4v) is 2.36. The lowest BCUT2D eigenvalue weighted by molar-refractivity contribution is -0.140. The SMILES string of the molecule is Nc1cc(OC(=O)C2CCC(N)CC2)c(N)c(N)c1N. The molecule has 0 atom stereocenters. The minimum atomic E-state index is -0.327. The summed E-state index contributed by atoms with van der Waals surface area (Å²) in [4.78, 5) is 12.1. The maximum Gasteiger partial charge on any atom is 0.314 e. The zero-order valence-corrected chi connectivity index (χ0v) is 11.3. The number of anilines is 4. The highest BCUT2D eigenvalue weighted by atomic mass is 16.5. The minimum Gasteiger partial charge on any atom is -0.424 e. The van der Waals surface area contributed by atoms with E-state index in [4.69, 9.17) is 33.4 Å². The van der Waals surface area contributed by atoms with Gasteiger partial charge in [0.05, 0.1) is 23.0 Å². The second-order valence-corrected chi connectivity index (χ2v) is 5.24. The van der Waals surface area contributed by atoms with E-state index in [1.807, 2.05) is 0 Å². The van der Waals surface area contributed by atoms with Crippen molar-refractivity contribution in [2.24, 2.45) is 11.7 Å². The van der Waals surface area contributed by atoms with E-state index in [1.54, 1.807) is 0 Å². The quantitative estimate of drug-likeness (QED) is 0.298. The zero-order chi connectivity index (χ0) is 14.9. The molecule has 1 aliphatic carbocycles. The van der Waals surface area contributed by atoms with Crippen LogP contribution in [0.25, 0.3) is 0 Å². The van der Waals surface area contributed by atoms with Crippen molar-refractivity contribution < 1.29 is 9.53 Å². The van der Waals surface area contributed by atoms with E-state index < -0.39 is 0 Å². The lowest BCUT2D eigenvalue weighted by Gasteiger charge is -2.24. The smallest absolute Gasteiger partial charge is 0.314 e. The van der Waals surface area contributed by atoms with Gasteiger partial charge in [-0.2, -0.15) is 0 Å². The van der Waals surface area contributed by atoms with Crippen LogP contribution in [-0.4, -0.2) is 12.0 Å². The zero-order valence-electron chi connectivity index (χ0n) is 11.3. The van der Waals surface area contributed by atoms with Gasteiger partial charge in [-0.25, -0.2) is 0 Å². The second kappa shape index (κ2) is 5.46. The molecular formula is C13H21N5O2. The van der Waals surface area contributed by atoms with Crippen LogP contribution < -0.4 is 33.4 Å². The maximum absolute atomic E-state index is 12.1. The molecule has 1 aromatic carbocycles. The molecule has 1 aliphatic rings. The summed E-state index contributed by atoms with van der Waals surface area (Å²) in [5, 5.41) is 0. The van der Waals surface area contributed by atoms with Gasteiger partial charge >= 0.3 is 5.97 Å². The molecule has 1 aromatic rings. The van der Waals surface area contributed by atoms with Crippen LogP contribution in [0.15, 0.2) is 6.07 Å². The van der Waals surface area contributed by atoms with Crippen LogP contribution in [0.1, 0.15) is 25.7 Å². The lowest BCUT2D eigenvalue weighted by Crippen LogP contribution is -2.31. The molecule has 1 saturated carbocycles. The fourth-order valence-electron chi connectivity index (χ4n) is 2.36. The van der Waals surface area contributed by atoms with Gasteiger partial charge in [0.15, 0.2) is 5.75 Å². The predicted octanol–water partition coefficient (Wildman–Crippen LogP) is 0.438. The Labute approximate surface area is 117 Å². The number of esters is 1. The molecule has 10 N–H and O–H groups in total. The van der Waals surface area contributed by atoms with Crippen molar-refractivity contribution in [3.8, 4) is 5.75 Å². The first-order valence-electron chi connectivity index (χ1n) is 6.60. The molecule has 0 aromatic heterocycles. The summed E-state index contributed by atoms with van der Waals surface area (Å²) in [6, 6.07) is 1.60. The maximum atomic E-state index is 12.1. The fraction of sp³-hybridized carbons (Fsp3) is 0.462. The average molecular weight is 279 g/mol. The summed E-state index contributed by atoms with van der Waals surface area (Å²) >= 11 is 0. The molecule has 0 amide bonds. The molecule has 0 unspecified atom stereocenters. The molecule has 0 spiro atoms. The van der Waals surface area contributed by atoms with E-state index in [0.29, 0.717) is 0 Å². The van der Waals surface area contributed by atoms with Crippen LogP contribution in [0, 0.1) is 5.92 Å². The number of benzene rings is 1. The number of carbonyl (C=O) groups excluding carboxylic acids is 1. The Bertz CT molecular complexity index is 524. The Morgan fingerprint density at radius 2 is 1.60 bits per heavy atom. The van der Waals surface area contributed by atoms with Crippen molar-refractivity contribution in [1.82, 2.24) is 0 Å². The van der Waals surface area contributed by atoms with Crippen LogP contribution in [0.4, 0.5) is 22.7 Å². The number of rotatable bonds is 2. The van der Waals surface area contributed by atoms with Crippen molar-refractivity contribution >= 4 is 28.7 Å². The first-order chi connectivity index (χ1) is 9.40. The van der Waals surface area contributed by atoms with Crippen molar-refractivity contribution in [2.45, 2.75) is 31.7 Å². The van der Waals surface area contributed by atoms with Gasteiger partial charge in [0.25, 0.3) is 0 Å².